The number of carbonyl (C=O) groups excluding carboxylic acids is 1. The van der Waals surface area contributed by atoms with Crippen LogP contribution in [0.25, 0.3) is 0 Å². The van der Waals surface area contributed by atoms with Crippen molar-refractivity contribution in [2.45, 2.75) is 26.2 Å². The molecule has 66 valence electrons. The van der Waals surface area contributed by atoms with Gasteiger partial charge in [0.05, 0.1) is 0 Å². The molecule has 2 heteroatoms. The highest BCUT2D eigenvalue weighted by Gasteiger charge is 2.33. The van der Waals surface area contributed by atoms with Crippen LogP contribution in [-0.2, 0) is 4.79 Å². The third-order valence-corrected chi connectivity index (χ3v) is 2.57. The van der Waals surface area contributed by atoms with Gasteiger partial charge in [0.1, 0.15) is 0 Å². The fraction of sp³-hybridized carbons (Fsp3) is 0.700. The fourth-order valence-electron chi connectivity index (χ4n) is 1.69. The third kappa shape index (κ3) is 1.52. The van der Waals surface area contributed by atoms with Crippen molar-refractivity contribution in [3.63, 3.8) is 0 Å². The van der Waals surface area contributed by atoms with E-state index in [-0.39, 0.29) is 0 Å². The minimum atomic E-state index is 0.385. The van der Waals surface area contributed by atoms with Crippen LogP contribution in [0.3, 0.4) is 0 Å². The molecule has 0 aromatic rings. The van der Waals surface area contributed by atoms with Gasteiger partial charge in [0.15, 0.2) is 0 Å². The summed E-state index contributed by atoms with van der Waals surface area (Å²) in [6.45, 7) is 3.91. The largest absolute Gasteiger partial charge is 0.338 e. The molecule has 2 nitrogen and oxygen atoms in total. The van der Waals surface area contributed by atoms with E-state index in [1.165, 1.54) is 5.57 Å². The van der Waals surface area contributed by atoms with Crippen LogP contribution in [0, 0.1) is 5.92 Å². The van der Waals surface area contributed by atoms with Gasteiger partial charge in [-0.2, -0.15) is 0 Å². The summed E-state index contributed by atoms with van der Waals surface area (Å²) in [4.78, 5) is 13.6. The monoisotopic (exact) mass is 165 g/mol. The van der Waals surface area contributed by atoms with Crippen LogP contribution >= 0.6 is 0 Å². The number of amides is 1. The van der Waals surface area contributed by atoms with Crippen LogP contribution in [0.4, 0.5) is 0 Å². The molecule has 1 fully saturated rings. The van der Waals surface area contributed by atoms with E-state index in [2.05, 4.69) is 13.0 Å². The van der Waals surface area contributed by atoms with Crippen LogP contribution in [-0.4, -0.2) is 23.9 Å². The first-order chi connectivity index (χ1) is 5.77. The molecule has 0 atom stereocenters. The van der Waals surface area contributed by atoms with Crippen molar-refractivity contribution in [2.24, 2.45) is 5.92 Å². The van der Waals surface area contributed by atoms with Gasteiger partial charge in [-0.1, -0.05) is 11.6 Å². The molecule has 0 saturated heterocycles. The summed E-state index contributed by atoms with van der Waals surface area (Å²) < 4.78 is 0. The van der Waals surface area contributed by atoms with Gasteiger partial charge < -0.3 is 4.90 Å². The van der Waals surface area contributed by atoms with Crippen LogP contribution in [0.1, 0.15) is 26.2 Å². The lowest BCUT2D eigenvalue weighted by molar-refractivity contribution is -0.132. The van der Waals surface area contributed by atoms with Gasteiger partial charge in [-0.05, 0) is 26.2 Å². The standard InChI is InChI=1S/C10H15NO/c1-8-3-2-6-11(7-8)10(12)9-4-5-9/h3,9H,2,4-7H2,1H3. The van der Waals surface area contributed by atoms with E-state index >= 15 is 0 Å². The van der Waals surface area contributed by atoms with Gasteiger partial charge in [-0.15, -0.1) is 0 Å². The van der Waals surface area contributed by atoms with Gasteiger partial charge in [0, 0.05) is 19.0 Å². The summed E-state index contributed by atoms with van der Waals surface area (Å²) >= 11 is 0. The van der Waals surface area contributed by atoms with Crippen molar-refractivity contribution in [1.82, 2.24) is 4.90 Å². The molecule has 1 aliphatic carbocycles. The van der Waals surface area contributed by atoms with Crippen molar-refractivity contribution in [1.29, 1.82) is 0 Å². The van der Waals surface area contributed by atoms with Crippen molar-refractivity contribution in [2.75, 3.05) is 13.1 Å². The third-order valence-electron chi connectivity index (χ3n) is 2.57. The summed E-state index contributed by atoms with van der Waals surface area (Å²) in [6, 6.07) is 0. The molecule has 1 aliphatic heterocycles. The Morgan fingerprint density at radius 3 is 2.92 bits per heavy atom. The zero-order valence-corrected chi connectivity index (χ0v) is 7.55. The predicted octanol–water partition coefficient (Wildman–Crippen LogP) is 1.58. The van der Waals surface area contributed by atoms with E-state index in [1.807, 2.05) is 4.90 Å². The second-order valence-electron chi connectivity index (χ2n) is 3.87. The highest BCUT2D eigenvalue weighted by molar-refractivity contribution is 5.81. The summed E-state index contributed by atoms with van der Waals surface area (Å²) in [6.07, 6.45) is 5.52. The number of rotatable bonds is 1. The first kappa shape index (κ1) is 7.84. The fourth-order valence-corrected chi connectivity index (χ4v) is 1.69. The first-order valence-corrected chi connectivity index (χ1v) is 4.72. The maximum absolute atomic E-state index is 11.6. The van der Waals surface area contributed by atoms with Crippen LogP contribution < -0.4 is 0 Å². The normalized spacial score (nSPS) is 23.8. The van der Waals surface area contributed by atoms with Gasteiger partial charge in [0.25, 0.3) is 0 Å². The Morgan fingerprint density at radius 1 is 1.58 bits per heavy atom. The van der Waals surface area contributed by atoms with Gasteiger partial charge >= 0.3 is 0 Å². The summed E-state index contributed by atoms with van der Waals surface area (Å²) in [7, 11) is 0. The lowest BCUT2D eigenvalue weighted by atomic mass is 10.1. The minimum absolute atomic E-state index is 0.385. The second kappa shape index (κ2) is 2.92. The molecule has 0 bridgehead atoms. The Morgan fingerprint density at radius 2 is 2.33 bits per heavy atom. The molecule has 0 spiro atoms. The maximum Gasteiger partial charge on any atom is 0.225 e. The molecule has 0 radical (unpaired) electrons. The van der Waals surface area contributed by atoms with Crippen LogP contribution in [0.5, 0.6) is 0 Å². The Balaban J connectivity index is 1.95. The maximum atomic E-state index is 11.6. The molecule has 12 heavy (non-hydrogen) atoms. The Bertz CT molecular complexity index is 228. The van der Waals surface area contributed by atoms with E-state index in [4.69, 9.17) is 0 Å². The smallest absolute Gasteiger partial charge is 0.225 e. The van der Waals surface area contributed by atoms with Crippen molar-refractivity contribution < 1.29 is 4.79 Å². The zero-order valence-electron chi connectivity index (χ0n) is 7.55. The molecular formula is C10H15NO. The first-order valence-electron chi connectivity index (χ1n) is 4.72. The SMILES string of the molecule is CC1=CCCN(C(=O)C2CC2)C1. The lowest BCUT2D eigenvalue weighted by Gasteiger charge is -2.26. The quantitative estimate of drug-likeness (QED) is 0.540. The average molecular weight is 165 g/mol. The average Bonchev–Trinajstić information content (AvgIpc) is 2.85. The van der Waals surface area contributed by atoms with Crippen LogP contribution in [0.15, 0.2) is 11.6 Å². The number of hydrogen-bond acceptors (Lipinski definition) is 1. The van der Waals surface area contributed by atoms with Crippen molar-refractivity contribution in [3.05, 3.63) is 11.6 Å². The topological polar surface area (TPSA) is 20.3 Å². The van der Waals surface area contributed by atoms with Crippen molar-refractivity contribution >= 4 is 5.91 Å². The number of carbonyl (C=O) groups is 1. The van der Waals surface area contributed by atoms with Gasteiger partial charge in [-0.25, -0.2) is 0 Å². The molecule has 0 unspecified atom stereocenters. The number of nitrogens with zero attached hydrogens (tertiary/aromatic N) is 1. The molecule has 1 heterocycles. The lowest BCUT2D eigenvalue weighted by Crippen LogP contribution is -2.36. The molecule has 0 aromatic heterocycles. The Kier molecular flexibility index (Phi) is 1.91. The van der Waals surface area contributed by atoms with E-state index < -0.39 is 0 Å². The molecule has 0 N–H and O–H groups in total. The Hall–Kier alpha value is -0.790. The van der Waals surface area contributed by atoms with Gasteiger partial charge in [-0.3, -0.25) is 4.79 Å². The summed E-state index contributed by atoms with van der Waals surface area (Å²) in [5.41, 5.74) is 1.34. The molecule has 2 rings (SSSR count). The van der Waals surface area contributed by atoms with E-state index in [0.29, 0.717) is 11.8 Å². The van der Waals surface area contributed by atoms with E-state index in [1.54, 1.807) is 0 Å². The minimum Gasteiger partial charge on any atom is -0.338 e. The number of hydrogen-bond donors (Lipinski definition) is 0. The molecule has 1 saturated carbocycles. The van der Waals surface area contributed by atoms with Gasteiger partial charge in [0.2, 0.25) is 5.91 Å². The predicted molar refractivity (Wildman–Crippen MR) is 47.7 cm³/mol. The second-order valence-corrected chi connectivity index (χ2v) is 3.87. The molecule has 1 amide bonds. The highest BCUT2D eigenvalue weighted by atomic mass is 16.2. The van der Waals surface area contributed by atoms with Crippen LogP contribution in [0.2, 0.25) is 0 Å². The zero-order chi connectivity index (χ0) is 8.55. The van der Waals surface area contributed by atoms with Crippen molar-refractivity contribution in [3.8, 4) is 0 Å². The van der Waals surface area contributed by atoms with E-state index in [0.717, 1.165) is 32.4 Å². The Labute approximate surface area is 73.2 Å². The summed E-state index contributed by atoms with van der Waals surface area (Å²) in [5.74, 6) is 0.776. The summed E-state index contributed by atoms with van der Waals surface area (Å²) in [5, 5.41) is 0. The highest BCUT2D eigenvalue weighted by Crippen LogP contribution is 2.31. The molecule has 0 aromatic carbocycles. The van der Waals surface area contributed by atoms with E-state index in [9.17, 15) is 4.79 Å². The molecule has 2 aliphatic rings. The molecular weight excluding hydrogens is 150 g/mol.